The molecule has 0 saturated heterocycles. The van der Waals surface area contributed by atoms with Gasteiger partial charge in [0.1, 0.15) is 11.9 Å². The molecule has 0 atom stereocenters. The van der Waals surface area contributed by atoms with Crippen LogP contribution in [0.3, 0.4) is 0 Å². The van der Waals surface area contributed by atoms with Crippen LogP contribution in [-0.2, 0) is 6.42 Å². The number of hydrogen-bond acceptors (Lipinski definition) is 3. The van der Waals surface area contributed by atoms with Gasteiger partial charge in [0.15, 0.2) is 5.65 Å². The fraction of sp³-hybridized carbons (Fsp3) is 0.0769. The lowest BCUT2D eigenvalue weighted by molar-refractivity contribution is 1.08. The van der Waals surface area contributed by atoms with Crippen LogP contribution in [0.5, 0.6) is 0 Å². The molecule has 0 aliphatic rings. The van der Waals surface area contributed by atoms with Crippen LogP contribution in [0, 0.1) is 18.3 Å². The van der Waals surface area contributed by atoms with E-state index in [0.717, 1.165) is 33.5 Å². The van der Waals surface area contributed by atoms with Gasteiger partial charge in [0.2, 0.25) is 0 Å². The SMILES string of the molecule is Cc1c(Cc2ccccc2)c(Nc2cc(Cl)c(Cl)cc2Cl)n2c(nc3ccccc32)c1C#N. The van der Waals surface area contributed by atoms with Crippen molar-refractivity contribution in [1.82, 2.24) is 9.38 Å². The number of nitrogens with zero attached hydrogens (tertiary/aromatic N) is 3. The zero-order chi connectivity index (χ0) is 23.1. The first-order valence-corrected chi connectivity index (χ1v) is 11.4. The number of hydrogen-bond donors (Lipinski definition) is 1. The summed E-state index contributed by atoms with van der Waals surface area (Å²) in [7, 11) is 0. The Kier molecular flexibility index (Phi) is 5.64. The number of halogens is 3. The van der Waals surface area contributed by atoms with Gasteiger partial charge in [0.25, 0.3) is 0 Å². The molecule has 5 rings (SSSR count). The average molecular weight is 492 g/mol. The molecule has 0 aliphatic heterocycles. The maximum absolute atomic E-state index is 10.0. The molecule has 0 unspecified atom stereocenters. The third-order valence-corrected chi connectivity index (χ3v) is 6.75. The van der Waals surface area contributed by atoms with Gasteiger partial charge in [-0.2, -0.15) is 5.26 Å². The molecule has 0 bridgehead atoms. The maximum Gasteiger partial charge on any atom is 0.157 e. The highest BCUT2D eigenvalue weighted by Gasteiger charge is 2.22. The predicted molar refractivity (Wildman–Crippen MR) is 136 cm³/mol. The summed E-state index contributed by atoms with van der Waals surface area (Å²) in [6, 6.07) is 23.6. The molecule has 7 heteroatoms. The lowest BCUT2D eigenvalue weighted by Gasteiger charge is -2.20. The van der Waals surface area contributed by atoms with Gasteiger partial charge in [-0.05, 0) is 42.3 Å². The number of rotatable bonds is 4. The quantitative estimate of drug-likeness (QED) is 0.259. The molecule has 2 aromatic heterocycles. The van der Waals surface area contributed by atoms with Crippen molar-refractivity contribution in [2.24, 2.45) is 0 Å². The minimum atomic E-state index is 0.381. The topological polar surface area (TPSA) is 53.1 Å². The van der Waals surface area contributed by atoms with Crippen molar-refractivity contribution in [2.75, 3.05) is 5.32 Å². The fourth-order valence-electron chi connectivity index (χ4n) is 4.08. The molecule has 0 saturated carbocycles. The number of nitrogens with one attached hydrogen (secondary N) is 1. The van der Waals surface area contributed by atoms with Crippen molar-refractivity contribution in [3.8, 4) is 6.07 Å². The van der Waals surface area contributed by atoms with E-state index in [2.05, 4.69) is 23.5 Å². The Morgan fingerprint density at radius 3 is 2.39 bits per heavy atom. The molecule has 4 nitrogen and oxygen atoms in total. The van der Waals surface area contributed by atoms with Crippen molar-refractivity contribution in [3.63, 3.8) is 0 Å². The molecule has 1 N–H and O–H groups in total. The molecule has 0 fully saturated rings. The monoisotopic (exact) mass is 490 g/mol. The second-order valence-corrected chi connectivity index (χ2v) is 8.95. The third-order valence-electron chi connectivity index (χ3n) is 5.72. The summed E-state index contributed by atoms with van der Waals surface area (Å²) in [6.45, 7) is 1.96. The highest BCUT2D eigenvalue weighted by molar-refractivity contribution is 6.44. The number of imidazole rings is 1. The number of nitriles is 1. The van der Waals surface area contributed by atoms with E-state index in [-0.39, 0.29) is 0 Å². The molecule has 33 heavy (non-hydrogen) atoms. The maximum atomic E-state index is 10.0. The first kappa shape index (κ1) is 21.6. The number of benzene rings is 3. The summed E-state index contributed by atoms with van der Waals surface area (Å²) in [6.07, 6.45) is 0.616. The summed E-state index contributed by atoms with van der Waals surface area (Å²) in [5.74, 6) is 0.777. The van der Waals surface area contributed by atoms with Crippen molar-refractivity contribution < 1.29 is 0 Å². The standard InChI is InChI=1S/C26H17Cl3N4/c1-15-17(11-16-7-3-2-4-8-16)25(32-23-13-20(28)19(27)12-21(23)29)33-24-10-6-5-9-22(24)31-26(33)18(15)14-30/h2-10,12-13,32H,11H2,1H3. The summed E-state index contributed by atoms with van der Waals surface area (Å²) in [5, 5.41) is 14.7. The van der Waals surface area contributed by atoms with E-state index in [1.807, 2.05) is 53.8 Å². The first-order valence-electron chi connectivity index (χ1n) is 10.3. The average Bonchev–Trinajstić information content (AvgIpc) is 3.19. The summed E-state index contributed by atoms with van der Waals surface area (Å²) < 4.78 is 1.98. The minimum absolute atomic E-state index is 0.381. The Hall–Kier alpha value is -3.23. The van der Waals surface area contributed by atoms with Crippen LogP contribution in [0.4, 0.5) is 11.5 Å². The number of pyridine rings is 1. The van der Waals surface area contributed by atoms with Crippen molar-refractivity contribution in [3.05, 3.63) is 104 Å². The van der Waals surface area contributed by atoms with Crippen molar-refractivity contribution in [2.45, 2.75) is 13.3 Å². The molecule has 0 amide bonds. The predicted octanol–water partition coefficient (Wildman–Crippen LogP) is 7.96. The van der Waals surface area contributed by atoms with Gasteiger partial charge in [-0.15, -0.1) is 0 Å². The Morgan fingerprint density at radius 2 is 1.64 bits per heavy atom. The van der Waals surface area contributed by atoms with Crippen LogP contribution < -0.4 is 5.32 Å². The lowest BCUT2D eigenvalue weighted by Crippen LogP contribution is -2.09. The molecule has 2 heterocycles. The molecular weight excluding hydrogens is 475 g/mol. The smallest absolute Gasteiger partial charge is 0.157 e. The molecule has 5 aromatic rings. The van der Waals surface area contributed by atoms with E-state index in [1.165, 1.54) is 0 Å². The summed E-state index contributed by atoms with van der Waals surface area (Å²) in [5.41, 5.74) is 6.39. The number of aromatic nitrogens is 2. The second-order valence-electron chi connectivity index (χ2n) is 7.73. The largest absolute Gasteiger partial charge is 0.340 e. The van der Waals surface area contributed by atoms with Crippen molar-refractivity contribution >= 4 is 63.0 Å². The molecule has 162 valence electrons. The number of fused-ring (bicyclic) bond motifs is 3. The van der Waals surface area contributed by atoms with Crippen LogP contribution in [-0.4, -0.2) is 9.38 Å². The van der Waals surface area contributed by atoms with E-state index in [0.29, 0.717) is 38.4 Å². The van der Waals surface area contributed by atoms with Gasteiger partial charge in [-0.1, -0.05) is 77.3 Å². The van der Waals surface area contributed by atoms with E-state index in [4.69, 9.17) is 39.8 Å². The van der Waals surface area contributed by atoms with Crippen LogP contribution in [0.2, 0.25) is 15.1 Å². The third kappa shape index (κ3) is 3.79. The highest BCUT2D eigenvalue weighted by atomic mass is 35.5. The molecule has 0 spiro atoms. The molecule has 0 radical (unpaired) electrons. The normalized spacial score (nSPS) is 11.1. The highest BCUT2D eigenvalue weighted by Crippen LogP contribution is 2.38. The van der Waals surface area contributed by atoms with E-state index < -0.39 is 0 Å². The fourth-order valence-corrected chi connectivity index (χ4v) is 4.67. The molecule has 0 aliphatic carbocycles. The Labute approximate surface area is 206 Å². The van der Waals surface area contributed by atoms with Crippen molar-refractivity contribution in [1.29, 1.82) is 5.26 Å². The van der Waals surface area contributed by atoms with Gasteiger partial charge in [-0.3, -0.25) is 4.40 Å². The van der Waals surface area contributed by atoms with E-state index >= 15 is 0 Å². The van der Waals surface area contributed by atoms with Crippen LogP contribution in [0.25, 0.3) is 16.7 Å². The van der Waals surface area contributed by atoms with Gasteiger partial charge < -0.3 is 5.32 Å². The van der Waals surface area contributed by atoms with Gasteiger partial charge in [0.05, 0.1) is 37.4 Å². The zero-order valence-corrected chi connectivity index (χ0v) is 19.8. The summed E-state index contributed by atoms with van der Waals surface area (Å²) in [4.78, 5) is 4.77. The number of para-hydroxylation sites is 2. The Bertz CT molecular complexity index is 1570. The zero-order valence-electron chi connectivity index (χ0n) is 17.5. The van der Waals surface area contributed by atoms with Gasteiger partial charge in [-0.25, -0.2) is 4.98 Å². The Balaban J connectivity index is 1.85. The second kappa shape index (κ2) is 8.61. The molecule has 3 aromatic carbocycles. The van der Waals surface area contributed by atoms with Crippen LogP contribution in [0.1, 0.15) is 22.3 Å². The lowest BCUT2D eigenvalue weighted by atomic mass is 9.97. The van der Waals surface area contributed by atoms with E-state index in [9.17, 15) is 5.26 Å². The summed E-state index contributed by atoms with van der Waals surface area (Å²) >= 11 is 19.0. The number of anilines is 2. The van der Waals surface area contributed by atoms with Crippen LogP contribution >= 0.6 is 34.8 Å². The van der Waals surface area contributed by atoms with E-state index in [1.54, 1.807) is 12.1 Å². The minimum Gasteiger partial charge on any atom is -0.340 e. The van der Waals surface area contributed by atoms with Crippen LogP contribution in [0.15, 0.2) is 66.7 Å². The molecular formula is C26H17Cl3N4. The first-order chi connectivity index (χ1) is 16.0. The van der Waals surface area contributed by atoms with Gasteiger partial charge in [0, 0.05) is 12.0 Å². The van der Waals surface area contributed by atoms with Gasteiger partial charge >= 0.3 is 0 Å². The Morgan fingerprint density at radius 1 is 0.939 bits per heavy atom.